The summed E-state index contributed by atoms with van der Waals surface area (Å²) in [5.74, 6) is -0.236. The van der Waals surface area contributed by atoms with Crippen LogP contribution in [0.2, 0.25) is 0 Å². The van der Waals surface area contributed by atoms with Gasteiger partial charge >= 0.3 is 0 Å². The number of nitrogens with one attached hydrogen (secondary N) is 1. The summed E-state index contributed by atoms with van der Waals surface area (Å²) in [4.78, 5) is 0. The summed E-state index contributed by atoms with van der Waals surface area (Å²) in [7, 11) is 1.40. The van der Waals surface area contributed by atoms with Gasteiger partial charge in [0.05, 0.1) is 7.11 Å². The van der Waals surface area contributed by atoms with Crippen LogP contribution in [0, 0.1) is 12.7 Å². The summed E-state index contributed by atoms with van der Waals surface area (Å²) >= 11 is 0. The Kier molecular flexibility index (Phi) is 3.22. The van der Waals surface area contributed by atoms with Gasteiger partial charge in [0, 0.05) is 12.1 Å². The van der Waals surface area contributed by atoms with E-state index in [1.807, 2.05) is 5.48 Å². The van der Waals surface area contributed by atoms with E-state index in [1.54, 1.807) is 13.0 Å². The minimum Gasteiger partial charge on any atom is -0.493 e. The van der Waals surface area contributed by atoms with E-state index >= 15 is 0 Å². The first-order valence-corrected chi connectivity index (χ1v) is 3.89. The Bertz CT molecular complexity index is 302. The molecule has 0 bridgehead atoms. The lowest BCUT2D eigenvalue weighted by Crippen LogP contribution is -2.08. The number of hydrogen-bond acceptors (Lipinski definition) is 3. The van der Waals surface area contributed by atoms with Crippen molar-refractivity contribution in [3.63, 3.8) is 0 Å². The lowest BCUT2D eigenvalue weighted by molar-refractivity contribution is 0.160. The molecule has 0 saturated heterocycles. The Morgan fingerprint density at radius 1 is 1.54 bits per heavy atom. The second-order valence-electron chi connectivity index (χ2n) is 2.77. The van der Waals surface area contributed by atoms with Crippen molar-refractivity contribution < 1.29 is 14.3 Å². The molecule has 13 heavy (non-hydrogen) atoms. The molecular weight excluding hydrogens is 173 g/mol. The Morgan fingerprint density at radius 2 is 2.23 bits per heavy atom. The zero-order valence-electron chi connectivity index (χ0n) is 7.60. The first-order valence-electron chi connectivity index (χ1n) is 3.89. The molecule has 0 radical (unpaired) electrons. The number of benzene rings is 1. The van der Waals surface area contributed by atoms with E-state index in [9.17, 15) is 4.39 Å². The predicted octanol–water partition coefficient (Wildman–Crippen LogP) is 1.62. The molecule has 2 N–H and O–H groups in total. The van der Waals surface area contributed by atoms with Gasteiger partial charge < -0.3 is 9.94 Å². The maximum Gasteiger partial charge on any atom is 0.165 e. The van der Waals surface area contributed by atoms with Crippen molar-refractivity contribution in [1.82, 2.24) is 5.48 Å². The van der Waals surface area contributed by atoms with Crippen LogP contribution in [0.5, 0.6) is 5.75 Å². The minimum absolute atomic E-state index is 0.168. The number of rotatable bonds is 3. The molecule has 0 aromatic heterocycles. The summed E-state index contributed by atoms with van der Waals surface area (Å²) in [5, 5.41) is 8.49. The average molecular weight is 185 g/mol. The molecule has 0 unspecified atom stereocenters. The molecule has 0 fully saturated rings. The van der Waals surface area contributed by atoms with Gasteiger partial charge in [0.2, 0.25) is 0 Å². The summed E-state index contributed by atoms with van der Waals surface area (Å²) in [6, 6.07) is 3.14. The summed E-state index contributed by atoms with van der Waals surface area (Å²) < 4.78 is 18.1. The first-order chi connectivity index (χ1) is 6.19. The topological polar surface area (TPSA) is 41.5 Å². The van der Waals surface area contributed by atoms with Gasteiger partial charge in [-0.2, -0.15) is 0 Å². The number of methoxy groups -OCH3 is 1. The Morgan fingerprint density at radius 3 is 2.77 bits per heavy atom. The highest BCUT2D eigenvalue weighted by atomic mass is 19.1. The van der Waals surface area contributed by atoms with Crippen molar-refractivity contribution in [3.05, 3.63) is 29.1 Å². The quantitative estimate of drug-likeness (QED) is 0.703. The fourth-order valence-electron chi connectivity index (χ4n) is 1.25. The van der Waals surface area contributed by atoms with Crippen LogP contribution in [0.4, 0.5) is 4.39 Å². The molecule has 0 heterocycles. The molecule has 0 atom stereocenters. The van der Waals surface area contributed by atoms with Gasteiger partial charge in [0.25, 0.3) is 0 Å². The van der Waals surface area contributed by atoms with Crippen molar-refractivity contribution >= 4 is 0 Å². The smallest absolute Gasteiger partial charge is 0.165 e. The number of ether oxygens (including phenoxy) is 1. The summed E-state index contributed by atoms with van der Waals surface area (Å²) in [6.45, 7) is 1.95. The molecule has 0 spiro atoms. The molecule has 0 aliphatic rings. The van der Waals surface area contributed by atoms with Crippen molar-refractivity contribution in [2.75, 3.05) is 7.11 Å². The van der Waals surface area contributed by atoms with E-state index < -0.39 is 5.82 Å². The van der Waals surface area contributed by atoms with Crippen LogP contribution >= 0.6 is 0 Å². The molecule has 1 aromatic rings. The molecule has 1 aromatic carbocycles. The lowest BCUT2D eigenvalue weighted by Gasteiger charge is -2.09. The first kappa shape index (κ1) is 9.95. The largest absolute Gasteiger partial charge is 0.493 e. The van der Waals surface area contributed by atoms with Gasteiger partial charge in [-0.05, 0) is 18.6 Å². The normalized spacial score (nSPS) is 10.2. The second-order valence-corrected chi connectivity index (χ2v) is 2.77. The van der Waals surface area contributed by atoms with Crippen LogP contribution in [-0.2, 0) is 6.54 Å². The molecule has 0 amide bonds. The van der Waals surface area contributed by atoms with Crippen LogP contribution in [0.15, 0.2) is 12.1 Å². The van der Waals surface area contributed by atoms with Crippen molar-refractivity contribution in [2.24, 2.45) is 0 Å². The minimum atomic E-state index is -0.409. The van der Waals surface area contributed by atoms with E-state index in [2.05, 4.69) is 0 Å². The zero-order chi connectivity index (χ0) is 9.84. The van der Waals surface area contributed by atoms with E-state index in [0.717, 1.165) is 5.56 Å². The second kappa shape index (κ2) is 4.20. The number of halogens is 1. The van der Waals surface area contributed by atoms with Crippen LogP contribution in [0.25, 0.3) is 0 Å². The molecule has 1 rings (SSSR count). The number of hydrogen-bond donors (Lipinski definition) is 2. The Labute approximate surface area is 76.1 Å². The van der Waals surface area contributed by atoms with Gasteiger partial charge in [-0.1, -0.05) is 6.07 Å². The van der Waals surface area contributed by atoms with Crippen LogP contribution < -0.4 is 10.2 Å². The van der Waals surface area contributed by atoms with Crippen LogP contribution in [0.1, 0.15) is 11.1 Å². The zero-order valence-corrected chi connectivity index (χ0v) is 7.60. The number of aryl methyl sites for hydroxylation is 1. The van der Waals surface area contributed by atoms with E-state index in [-0.39, 0.29) is 12.3 Å². The van der Waals surface area contributed by atoms with Gasteiger partial charge in [-0.15, -0.1) is 0 Å². The highest BCUT2D eigenvalue weighted by Crippen LogP contribution is 2.23. The maximum absolute atomic E-state index is 13.2. The third-order valence-corrected chi connectivity index (χ3v) is 1.74. The lowest BCUT2D eigenvalue weighted by atomic mass is 10.1. The standard InChI is InChI=1S/C9H12FNO2/c1-6-3-7(5-11-12)9(13-2)8(10)4-6/h3-4,11-12H,5H2,1-2H3. The molecular formula is C9H12FNO2. The number of hydroxylamine groups is 1. The molecule has 0 aliphatic carbocycles. The average Bonchev–Trinajstić information content (AvgIpc) is 2.04. The predicted molar refractivity (Wildman–Crippen MR) is 46.3 cm³/mol. The Hall–Kier alpha value is -1.13. The highest BCUT2D eigenvalue weighted by molar-refractivity contribution is 5.38. The van der Waals surface area contributed by atoms with Gasteiger partial charge in [0.1, 0.15) is 0 Å². The Balaban J connectivity index is 3.13. The van der Waals surface area contributed by atoms with E-state index in [4.69, 9.17) is 9.94 Å². The van der Waals surface area contributed by atoms with Crippen molar-refractivity contribution in [2.45, 2.75) is 13.5 Å². The SMILES string of the molecule is COc1c(F)cc(C)cc1CNO. The van der Waals surface area contributed by atoms with Crippen molar-refractivity contribution in [1.29, 1.82) is 0 Å². The van der Waals surface area contributed by atoms with Crippen LogP contribution in [0.3, 0.4) is 0 Å². The maximum atomic E-state index is 13.2. The summed E-state index contributed by atoms with van der Waals surface area (Å²) in [5.41, 5.74) is 3.36. The third-order valence-electron chi connectivity index (χ3n) is 1.74. The van der Waals surface area contributed by atoms with E-state index in [0.29, 0.717) is 5.56 Å². The third kappa shape index (κ3) is 2.17. The monoisotopic (exact) mass is 185 g/mol. The fourth-order valence-corrected chi connectivity index (χ4v) is 1.25. The van der Waals surface area contributed by atoms with Gasteiger partial charge in [-0.25, -0.2) is 9.87 Å². The van der Waals surface area contributed by atoms with E-state index in [1.165, 1.54) is 13.2 Å². The molecule has 0 saturated carbocycles. The van der Waals surface area contributed by atoms with Gasteiger partial charge in [0.15, 0.2) is 11.6 Å². The van der Waals surface area contributed by atoms with Crippen molar-refractivity contribution in [3.8, 4) is 5.75 Å². The highest BCUT2D eigenvalue weighted by Gasteiger charge is 2.09. The molecule has 3 nitrogen and oxygen atoms in total. The molecule has 72 valence electrons. The molecule has 4 heteroatoms. The van der Waals surface area contributed by atoms with Gasteiger partial charge in [-0.3, -0.25) is 0 Å². The molecule has 0 aliphatic heterocycles. The fraction of sp³-hybridized carbons (Fsp3) is 0.333. The van der Waals surface area contributed by atoms with Crippen LogP contribution in [-0.4, -0.2) is 12.3 Å². The summed E-state index contributed by atoms with van der Waals surface area (Å²) in [6.07, 6.45) is 0.